The lowest BCUT2D eigenvalue weighted by Gasteiger charge is -2.19. The van der Waals surface area contributed by atoms with E-state index in [1.807, 2.05) is 24.3 Å². The van der Waals surface area contributed by atoms with Gasteiger partial charge in [0.25, 0.3) is 5.91 Å². The van der Waals surface area contributed by atoms with Crippen LogP contribution < -0.4 is 5.32 Å². The second-order valence-electron chi connectivity index (χ2n) is 6.96. The number of hydrogen-bond acceptors (Lipinski definition) is 2. The molecule has 4 nitrogen and oxygen atoms in total. The molecule has 0 aliphatic carbocycles. The molecule has 2 aromatic rings. The second-order valence-corrected chi connectivity index (χ2v) is 6.96. The zero-order chi connectivity index (χ0) is 17.4. The predicted octanol–water partition coefficient (Wildman–Crippen LogP) is 4.38. The molecule has 0 aliphatic rings. The van der Waals surface area contributed by atoms with Gasteiger partial charge in [-0.3, -0.25) is 9.59 Å². The highest BCUT2D eigenvalue weighted by Gasteiger charge is 2.20. The molecule has 1 aromatic heterocycles. The fraction of sp³-hybridized carbons (Fsp3) is 0.368. The van der Waals surface area contributed by atoms with Crippen molar-refractivity contribution in [2.45, 2.75) is 47.0 Å². The number of aryl methyl sites for hydroxylation is 1. The smallest absolute Gasteiger partial charge is 0.272 e. The highest BCUT2D eigenvalue weighted by atomic mass is 16.2. The number of carbonyl (C=O) groups excluding carboxylic acids is 2. The number of carbonyl (C=O) groups is 2. The Hall–Kier alpha value is -2.36. The van der Waals surface area contributed by atoms with E-state index in [0.29, 0.717) is 16.8 Å². The molecule has 1 heterocycles. The van der Waals surface area contributed by atoms with Gasteiger partial charge >= 0.3 is 0 Å². The SMILES string of the molecule is CC(=O)c1c(C)[nH]c(C(=O)Nc2ccc(C(C)(C)C)cc2)c1C. The Morgan fingerprint density at radius 1 is 1.04 bits per heavy atom. The minimum atomic E-state index is -0.235. The Labute approximate surface area is 137 Å². The van der Waals surface area contributed by atoms with Gasteiger partial charge in [-0.2, -0.15) is 0 Å². The Morgan fingerprint density at radius 3 is 2.04 bits per heavy atom. The number of amides is 1. The fourth-order valence-electron chi connectivity index (χ4n) is 2.75. The van der Waals surface area contributed by atoms with E-state index < -0.39 is 0 Å². The first-order valence-electron chi connectivity index (χ1n) is 7.73. The van der Waals surface area contributed by atoms with Crippen LogP contribution in [0.15, 0.2) is 24.3 Å². The van der Waals surface area contributed by atoms with Gasteiger partial charge in [0, 0.05) is 16.9 Å². The lowest BCUT2D eigenvalue weighted by atomic mass is 9.87. The number of ketones is 1. The number of H-pyrrole nitrogens is 1. The van der Waals surface area contributed by atoms with Crippen LogP contribution in [-0.2, 0) is 5.41 Å². The molecule has 2 N–H and O–H groups in total. The van der Waals surface area contributed by atoms with Gasteiger partial charge in [0.2, 0.25) is 0 Å². The zero-order valence-electron chi connectivity index (χ0n) is 14.6. The lowest BCUT2D eigenvalue weighted by molar-refractivity contribution is 0.101. The Kier molecular flexibility index (Phi) is 4.46. The summed E-state index contributed by atoms with van der Waals surface area (Å²) >= 11 is 0. The summed E-state index contributed by atoms with van der Waals surface area (Å²) < 4.78 is 0. The van der Waals surface area contributed by atoms with Gasteiger partial charge < -0.3 is 10.3 Å². The first kappa shape index (κ1) is 17.0. The largest absolute Gasteiger partial charge is 0.354 e. The van der Waals surface area contributed by atoms with Crippen molar-refractivity contribution >= 4 is 17.4 Å². The summed E-state index contributed by atoms with van der Waals surface area (Å²) in [6.45, 7) is 11.5. The summed E-state index contributed by atoms with van der Waals surface area (Å²) in [7, 11) is 0. The zero-order valence-corrected chi connectivity index (χ0v) is 14.6. The van der Waals surface area contributed by atoms with Crippen molar-refractivity contribution in [1.29, 1.82) is 0 Å². The maximum Gasteiger partial charge on any atom is 0.272 e. The highest BCUT2D eigenvalue weighted by Crippen LogP contribution is 2.24. The summed E-state index contributed by atoms with van der Waals surface area (Å²) in [4.78, 5) is 27.1. The van der Waals surface area contributed by atoms with Gasteiger partial charge in [-0.25, -0.2) is 0 Å². The molecule has 0 aliphatic heterocycles. The van der Waals surface area contributed by atoms with Crippen LogP contribution in [-0.4, -0.2) is 16.7 Å². The molecule has 0 spiro atoms. The number of benzene rings is 1. The van der Waals surface area contributed by atoms with E-state index in [2.05, 4.69) is 31.1 Å². The normalized spacial score (nSPS) is 11.4. The molecule has 23 heavy (non-hydrogen) atoms. The molecule has 0 saturated carbocycles. The second kappa shape index (κ2) is 6.03. The van der Waals surface area contributed by atoms with Crippen LogP contribution in [0.4, 0.5) is 5.69 Å². The third-order valence-corrected chi connectivity index (χ3v) is 4.03. The maximum atomic E-state index is 12.5. The third-order valence-electron chi connectivity index (χ3n) is 4.03. The molecular formula is C19H24N2O2. The van der Waals surface area contributed by atoms with Crippen molar-refractivity contribution in [1.82, 2.24) is 4.98 Å². The molecule has 122 valence electrons. The van der Waals surface area contributed by atoms with Gasteiger partial charge in [-0.1, -0.05) is 32.9 Å². The topological polar surface area (TPSA) is 62.0 Å². The molecule has 1 amide bonds. The average molecular weight is 312 g/mol. The van der Waals surface area contributed by atoms with Crippen molar-refractivity contribution < 1.29 is 9.59 Å². The van der Waals surface area contributed by atoms with Crippen LogP contribution in [0.1, 0.15) is 65.4 Å². The number of Topliss-reactive ketones (excluding diaryl/α,β-unsaturated/α-hetero) is 1. The minimum absolute atomic E-state index is 0.0372. The van der Waals surface area contributed by atoms with Gasteiger partial charge in [-0.05, 0) is 49.4 Å². The first-order valence-corrected chi connectivity index (χ1v) is 7.73. The molecule has 1 aromatic carbocycles. The van der Waals surface area contributed by atoms with Crippen LogP contribution in [0.2, 0.25) is 0 Å². The van der Waals surface area contributed by atoms with Crippen molar-refractivity contribution in [2.75, 3.05) is 5.32 Å². The van der Waals surface area contributed by atoms with Gasteiger partial charge in [-0.15, -0.1) is 0 Å². The van der Waals surface area contributed by atoms with Crippen LogP contribution in [0.3, 0.4) is 0 Å². The Bertz CT molecular complexity index is 747. The van der Waals surface area contributed by atoms with Crippen molar-refractivity contribution in [3.8, 4) is 0 Å². The van der Waals surface area contributed by atoms with Crippen LogP contribution in [0.5, 0.6) is 0 Å². The summed E-state index contributed by atoms with van der Waals surface area (Å²) in [5.74, 6) is -0.272. The number of hydrogen-bond donors (Lipinski definition) is 2. The monoisotopic (exact) mass is 312 g/mol. The lowest BCUT2D eigenvalue weighted by Crippen LogP contribution is -2.15. The average Bonchev–Trinajstić information content (AvgIpc) is 2.73. The first-order chi connectivity index (χ1) is 10.6. The third kappa shape index (κ3) is 3.52. The van der Waals surface area contributed by atoms with Crippen LogP contribution >= 0.6 is 0 Å². The van der Waals surface area contributed by atoms with Crippen LogP contribution in [0, 0.1) is 13.8 Å². The van der Waals surface area contributed by atoms with E-state index in [1.165, 1.54) is 12.5 Å². The molecule has 0 radical (unpaired) electrons. The summed E-state index contributed by atoms with van der Waals surface area (Å²) in [5, 5.41) is 2.88. The molecule has 0 bridgehead atoms. The molecule has 0 atom stereocenters. The van der Waals surface area contributed by atoms with E-state index in [4.69, 9.17) is 0 Å². The highest BCUT2D eigenvalue weighted by molar-refractivity contribution is 6.07. The number of anilines is 1. The maximum absolute atomic E-state index is 12.5. The Balaban J connectivity index is 2.23. The van der Waals surface area contributed by atoms with Crippen LogP contribution in [0.25, 0.3) is 0 Å². The van der Waals surface area contributed by atoms with E-state index in [0.717, 1.165) is 11.4 Å². The van der Waals surface area contributed by atoms with Gasteiger partial charge in [0.15, 0.2) is 5.78 Å². The number of aromatic nitrogens is 1. The van der Waals surface area contributed by atoms with Crippen molar-refractivity contribution in [3.05, 3.63) is 52.3 Å². The van der Waals surface area contributed by atoms with Gasteiger partial charge in [0.1, 0.15) is 5.69 Å². The van der Waals surface area contributed by atoms with Gasteiger partial charge in [0.05, 0.1) is 0 Å². The number of aromatic amines is 1. The molecule has 0 fully saturated rings. The molecular weight excluding hydrogens is 288 g/mol. The fourth-order valence-corrected chi connectivity index (χ4v) is 2.75. The van der Waals surface area contributed by atoms with E-state index in [9.17, 15) is 9.59 Å². The summed E-state index contributed by atoms with van der Waals surface area (Å²) in [5.41, 5.74) is 4.47. The Morgan fingerprint density at radius 2 is 1.61 bits per heavy atom. The molecule has 4 heteroatoms. The van der Waals surface area contributed by atoms with Crippen molar-refractivity contribution in [2.24, 2.45) is 0 Å². The summed E-state index contributed by atoms with van der Waals surface area (Å²) in [6, 6.07) is 7.83. The number of rotatable bonds is 3. The molecule has 2 rings (SSSR count). The van der Waals surface area contributed by atoms with Crippen molar-refractivity contribution in [3.63, 3.8) is 0 Å². The minimum Gasteiger partial charge on any atom is -0.354 e. The molecule has 0 unspecified atom stereocenters. The molecule has 0 saturated heterocycles. The summed E-state index contributed by atoms with van der Waals surface area (Å²) in [6.07, 6.45) is 0. The van der Waals surface area contributed by atoms with E-state index in [-0.39, 0.29) is 17.1 Å². The predicted molar refractivity (Wildman–Crippen MR) is 93.4 cm³/mol. The quantitative estimate of drug-likeness (QED) is 0.826. The van der Waals surface area contributed by atoms with E-state index in [1.54, 1.807) is 13.8 Å². The standard InChI is InChI=1S/C19H24N2O2/c1-11-16(13(3)22)12(2)20-17(11)18(23)21-15-9-7-14(8-10-15)19(4,5)6/h7-10,20H,1-6H3,(H,21,23). The number of nitrogens with one attached hydrogen (secondary N) is 2. The van der Waals surface area contributed by atoms with E-state index >= 15 is 0 Å².